The second-order valence-corrected chi connectivity index (χ2v) is 6.44. The Morgan fingerprint density at radius 3 is 2.41 bits per heavy atom. The van der Waals surface area contributed by atoms with Crippen LogP contribution in [-0.2, 0) is 12.8 Å². The van der Waals surface area contributed by atoms with E-state index in [4.69, 9.17) is 0 Å². The van der Waals surface area contributed by atoms with E-state index in [0.717, 1.165) is 18.4 Å². The van der Waals surface area contributed by atoms with Crippen molar-refractivity contribution in [3.63, 3.8) is 0 Å². The number of nitrogens with one attached hydrogen (secondary N) is 3. The van der Waals surface area contributed by atoms with Crippen LogP contribution >= 0.6 is 0 Å². The monoisotopic (exact) mass is 357 g/mol. The second kappa shape index (κ2) is 7.33. The molecule has 0 aliphatic rings. The number of aromatic amines is 2. The number of fused-ring (bicyclic) bond motifs is 1. The van der Waals surface area contributed by atoms with Gasteiger partial charge in [-0.15, -0.1) is 0 Å². The molecule has 5 nitrogen and oxygen atoms in total. The minimum atomic E-state index is -0.264. The fourth-order valence-corrected chi connectivity index (χ4v) is 3.19. The Balaban J connectivity index is 1.53. The summed E-state index contributed by atoms with van der Waals surface area (Å²) in [5, 5.41) is 2.92. The van der Waals surface area contributed by atoms with Gasteiger partial charge in [0.25, 0.3) is 5.91 Å². The van der Waals surface area contributed by atoms with E-state index in [2.05, 4.69) is 27.4 Å². The fraction of sp³-hybridized carbons (Fsp3) is 0.0909. The average molecular weight is 357 g/mol. The lowest BCUT2D eigenvalue weighted by Crippen LogP contribution is -2.14. The molecule has 0 atom stereocenters. The Hall–Kier alpha value is -3.60. The first kappa shape index (κ1) is 16.8. The number of amides is 1. The average Bonchev–Trinajstić information content (AvgIpc) is 3.06. The van der Waals surface area contributed by atoms with E-state index in [0.29, 0.717) is 22.3 Å². The minimum Gasteiger partial charge on any atom is -0.322 e. The van der Waals surface area contributed by atoms with Crippen LogP contribution in [-0.4, -0.2) is 15.9 Å². The number of H-pyrrole nitrogens is 2. The van der Waals surface area contributed by atoms with Crippen molar-refractivity contribution in [2.24, 2.45) is 0 Å². The molecule has 0 fully saturated rings. The molecule has 3 N–H and O–H groups in total. The molecule has 134 valence electrons. The highest BCUT2D eigenvalue weighted by Crippen LogP contribution is 2.18. The Labute approximate surface area is 156 Å². The zero-order valence-electron chi connectivity index (χ0n) is 14.7. The summed E-state index contributed by atoms with van der Waals surface area (Å²) in [6, 6.07) is 23.2. The van der Waals surface area contributed by atoms with Crippen molar-refractivity contribution in [3.8, 4) is 0 Å². The van der Waals surface area contributed by atoms with Crippen LogP contribution in [0, 0.1) is 0 Å². The molecule has 1 amide bonds. The summed E-state index contributed by atoms with van der Waals surface area (Å²) in [5.74, 6) is -0.157. The topological polar surface area (TPSA) is 77.8 Å². The maximum absolute atomic E-state index is 12.8. The highest BCUT2D eigenvalue weighted by Gasteiger charge is 2.12. The molecule has 0 saturated heterocycles. The highest BCUT2D eigenvalue weighted by molar-refractivity contribution is 6.05. The molecule has 0 spiro atoms. The normalized spacial score (nSPS) is 10.8. The van der Waals surface area contributed by atoms with Crippen LogP contribution in [0.15, 0.2) is 77.6 Å². The van der Waals surface area contributed by atoms with Gasteiger partial charge in [-0.3, -0.25) is 4.79 Å². The van der Waals surface area contributed by atoms with Gasteiger partial charge in [-0.2, -0.15) is 0 Å². The van der Waals surface area contributed by atoms with Crippen molar-refractivity contribution in [1.82, 2.24) is 9.97 Å². The molecule has 0 radical (unpaired) electrons. The predicted octanol–water partition coefficient (Wildman–Crippen LogP) is 3.89. The van der Waals surface area contributed by atoms with Crippen LogP contribution in [0.4, 0.5) is 5.69 Å². The zero-order valence-corrected chi connectivity index (χ0v) is 14.7. The SMILES string of the molecule is O=C(Nc1ccc2[nH]c(=O)[nH]c2c1)c1ccccc1CCc1ccccc1. The summed E-state index contributed by atoms with van der Waals surface area (Å²) >= 11 is 0. The summed E-state index contributed by atoms with van der Waals surface area (Å²) in [6.07, 6.45) is 1.67. The van der Waals surface area contributed by atoms with Gasteiger partial charge in [0.1, 0.15) is 0 Å². The van der Waals surface area contributed by atoms with Crippen molar-refractivity contribution in [1.29, 1.82) is 0 Å². The lowest BCUT2D eigenvalue weighted by Gasteiger charge is -2.10. The molecule has 0 aliphatic heterocycles. The van der Waals surface area contributed by atoms with Gasteiger partial charge in [0.05, 0.1) is 11.0 Å². The maximum atomic E-state index is 12.8. The molecular weight excluding hydrogens is 338 g/mol. The Morgan fingerprint density at radius 1 is 0.815 bits per heavy atom. The van der Waals surface area contributed by atoms with Crippen LogP contribution in [0.5, 0.6) is 0 Å². The number of benzene rings is 3. The molecule has 4 aromatic rings. The molecule has 1 aromatic heterocycles. The van der Waals surface area contributed by atoms with Gasteiger partial charge in [0.15, 0.2) is 0 Å². The number of aromatic nitrogens is 2. The number of hydrogen-bond donors (Lipinski definition) is 3. The first-order valence-corrected chi connectivity index (χ1v) is 8.84. The van der Waals surface area contributed by atoms with Gasteiger partial charge < -0.3 is 15.3 Å². The number of carbonyl (C=O) groups excluding carboxylic acids is 1. The van der Waals surface area contributed by atoms with Gasteiger partial charge in [0.2, 0.25) is 0 Å². The number of anilines is 1. The standard InChI is InChI=1S/C22H19N3O2/c26-21(23-17-12-13-19-20(14-17)25-22(27)24-19)18-9-5-4-8-16(18)11-10-15-6-2-1-3-7-15/h1-9,12-14H,10-11H2,(H,23,26)(H2,24,25,27). The van der Waals surface area contributed by atoms with Gasteiger partial charge >= 0.3 is 5.69 Å². The van der Waals surface area contributed by atoms with Crippen molar-refractivity contribution >= 4 is 22.6 Å². The summed E-state index contributed by atoms with van der Waals surface area (Å²) in [7, 11) is 0. The molecular formula is C22H19N3O2. The van der Waals surface area contributed by atoms with Gasteiger partial charge in [-0.25, -0.2) is 4.79 Å². The molecule has 27 heavy (non-hydrogen) atoms. The molecule has 0 saturated carbocycles. The van der Waals surface area contributed by atoms with Crippen molar-refractivity contribution in [2.75, 3.05) is 5.32 Å². The number of aryl methyl sites for hydroxylation is 2. The van der Waals surface area contributed by atoms with Crippen LogP contribution in [0.3, 0.4) is 0 Å². The third-order valence-electron chi connectivity index (χ3n) is 4.56. The summed E-state index contributed by atoms with van der Waals surface area (Å²) in [6.45, 7) is 0. The fourth-order valence-electron chi connectivity index (χ4n) is 3.19. The van der Waals surface area contributed by atoms with Gasteiger partial charge in [-0.05, 0) is 48.2 Å². The van der Waals surface area contributed by atoms with E-state index in [-0.39, 0.29) is 11.6 Å². The smallest absolute Gasteiger partial charge is 0.322 e. The summed E-state index contributed by atoms with van der Waals surface area (Å²) < 4.78 is 0. The summed E-state index contributed by atoms with van der Waals surface area (Å²) in [5.41, 5.74) is 4.66. The van der Waals surface area contributed by atoms with Crippen molar-refractivity contribution < 1.29 is 4.79 Å². The van der Waals surface area contributed by atoms with E-state index in [1.165, 1.54) is 5.56 Å². The van der Waals surface area contributed by atoms with E-state index in [1.54, 1.807) is 18.2 Å². The van der Waals surface area contributed by atoms with Gasteiger partial charge in [-0.1, -0.05) is 48.5 Å². The van der Waals surface area contributed by atoms with Crippen LogP contribution in [0.1, 0.15) is 21.5 Å². The second-order valence-electron chi connectivity index (χ2n) is 6.44. The first-order chi connectivity index (χ1) is 13.2. The van der Waals surface area contributed by atoms with E-state index >= 15 is 0 Å². The maximum Gasteiger partial charge on any atom is 0.323 e. The summed E-state index contributed by atoms with van der Waals surface area (Å²) in [4.78, 5) is 29.6. The van der Waals surface area contributed by atoms with Crippen molar-refractivity contribution in [3.05, 3.63) is 100.0 Å². The lowest BCUT2D eigenvalue weighted by molar-refractivity contribution is 0.102. The largest absolute Gasteiger partial charge is 0.323 e. The van der Waals surface area contributed by atoms with Gasteiger partial charge in [0, 0.05) is 11.3 Å². The minimum absolute atomic E-state index is 0.157. The third-order valence-corrected chi connectivity index (χ3v) is 4.56. The Bertz CT molecular complexity index is 1140. The first-order valence-electron chi connectivity index (χ1n) is 8.84. The molecule has 0 aliphatic carbocycles. The van der Waals surface area contributed by atoms with E-state index < -0.39 is 0 Å². The number of carbonyl (C=O) groups is 1. The molecule has 0 unspecified atom stereocenters. The quantitative estimate of drug-likeness (QED) is 0.507. The predicted molar refractivity (Wildman–Crippen MR) is 107 cm³/mol. The number of imidazole rings is 1. The number of rotatable bonds is 5. The lowest BCUT2D eigenvalue weighted by atomic mass is 9.99. The van der Waals surface area contributed by atoms with Crippen LogP contribution in [0.25, 0.3) is 11.0 Å². The zero-order chi connectivity index (χ0) is 18.6. The molecule has 4 rings (SSSR count). The van der Waals surface area contributed by atoms with Crippen LogP contribution < -0.4 is 11.0 Å². The van der Waals surface area contributed by atoms with E-state index in [1.807, 2.05) is 42.5 Å². The third kappa shape index (κ3) is 3.82. The Kier molecular flexibility index (Phi) is 4.58. The Morgan fingerprint density at radius 2 is 1.56 bits per heavy atom. The number of hydrogen-bond acceptors (Lipinski definition) is 2. The molecule has 0 bridgehead atoms. The molecule has 5 heteroatoms. The van der Waals surface area contributed by atoms with Crippen LogP contribution in [0.2, 0.25) is 0 Å². The molecule has 3 aromatic carbocycles. The molecule has 1 heterocycles. The van der Waals surface area contributed by atoms with E-state index in [9.17, 15) is 9.59 Å². The van der Waals surface area contributed by atoms with Crippen molar-refractivity contribution in [2.45, 2.75) is 12.8 Å². The highest BCUT2D eigenvalue weighted by atomic mass is 16.2.